The Hall–Kier alpha value is -3.59. The van der Waals surface area contributed by atoms with Crippen LogP contribution in [-0.4, -0.2) is 18.8 Å². The van der Waals surface area contributed by atoms with Gasteiger partial charge in [-0.05, 0) is 24.3 Å². The van der Waals surface area contributed by atoms with Crippen LogP contribution in [0.5, 0.6) is 0 Å². The average Bonchev–Trinajstić information content (AvgIpc) is 2.96. The third-order valence-electron chi connectivity index (χ3n) is 3.64. The van der Waals surface area contributed by atoms with Crippen molar-refractivity contribution in [1.29, 1.82) is 5.26 Å². The number of aliphatic imine (C=N–C) groups is 1. The highest BCUT2D eigenvalue weighted by atomic mass is 16.1. The van der Waals surface area contributed by atoms with E-state index in [1.165, 1.54) is 7.05 Å². The lowest BCUT2D eigenvalue weighted by Gasteiger charge is -2.07. The molecule has 6 heteroatoms. The van der Waals surface area contributed by atoms with Crippen LogP contribution < -0.4 is 16.4 Å². The Balaban J connectivity index is 2.08. The Morgan fingerprint density at radius 1 is 1.12 bits per heavy atom. The van der Waals surface area contributed by atoms with Crippen molar-refractivity contribution in [3.05, 3.63) is 65.2 Å². The predicted molar refractivity (Wildman–Crippen MR) is 94.1 cm³/mol. The van der Waals surface area contributed by atoms with Crippen LogP contribution in [0.25, 0.3) is 5.70 Å². The molecule has 1 amide bonds. The van der Waals surface area contributed by atoms with E-state index in [0.29, 0.717) is 17.2 Å². The Kier molecular flexibility index (Phi) is 4.00. The molecule has 2 aromatic rings. The molecule has 1 aliphatic heterocycles. The van der Waals surface area contributed by atoms with Crippen molar-refractivity contribution < 1.29 is 4.79 Å². The number of hydrogen-bond acceptors (Lipinski definition) is 5. The zero-order valence-electron chi connectivity index (χ0n) is 13.0. The molecule has 6 nitrogen and oxygen atoms in total. The summed E-state index contributed by atoms with van der Waals surface area (Å²) in [5.41, 5.74) is 9.11. The number of hydrogen-bond donors (Lipinski definition) is 3. The van der Waals surface area contributed by atoms with Gasteiger partial charge < -0.3 is 16.4 Å². The number of nitriles is 1. The minimum Gasteiger partial charge on any atom is -0.399 e. The summed E-state index contributed by atoms with van der Waals surface area (Å²) in [6.07, 6.45) is 0. The van der Waals surface area contributed by atoms with Crippen molar-refractivity contribution in [2.45, 2.75) is 0 Å². The van der Waals surface area contributed by atoms with E-state index in [0.717, 1.165) is 16.8 Å². The number of amidine groups is 1. The summed E-state index contributed by atoms with van der Waals surface area (Å²) in [5.74, 6) is 0.127. The Morgan fingerprint density at radius 3 is 2.42 bits per heavy atom. The molecule has 0 saturated heterocycles. The summed E-state index contributed by atoms with van der Waals surface area (Å²) in [6.45, 7) is 0. The molecule has 0 atom stereocenters. The van der Waals surface area contributed by atoms with Gasteiger partial charge in [-0.25, -0.2) is 4.99 Å². The van der Waals surface area contributed by atoms with Gasteiger partial charge in [0, 0.05) is 29.5 Å². The Morgan fingerprint density at radius 2 is 1.79 bits per heavy atom. The van der Waals surface area contributed by atoms with Gasteiger partial charge in [-0.1, -0.05) is 24.3 Å². The van der Waals surface area contributed by atoms with Gasteiger partial charge in [-0.2, -0.15) is 5.26 Å². The zero-order valence-corrected chi connectivity index (χ0v) is 13.0. The second-order valence-electron chi connectivity index (χ2n) is 5.17. The molecule has 4 N–H and O–H groups in total. The van der Waals surface area contributed by atoms with Gasteiger partial charge in [0.15, 0.2) is 0 Å². The Labute approximate surface area is 139 Å². The van der Waals surface area contributed by atoms with Crippen LogP contribution in [0, 0.1) is 11.3 Å². The van der Waals surface area contributed by atoms with Crippen LogP contribution in [0.15, 0.2) is 59.1 Å². The van der Waals surface area contributed by atoms with Crippen LogP contribution in [0.1, 0.15) is 11.1 Å². The molecule has 0 aromatic heterocycles. The highest BCUT2D eigenvalue weighted by molar-refractivity contribution is 6.19. The lowest BCUT2D eigenvalue weighted by Crippen LogP contribution is -2.20. The van der Waals surface area contributed by atoms with Crippen molar-refractivity contribution >= 4 is 28.8 Å². The molecule has 0 fully saturated rings. The summed E-state index contributed by atoms with van der Waals surface area (Å²) in [7, 11) is 1.48. The molecule has 0 spiro atoms. The summed E-state index contributed by atoms with van der Waals surface area (Å²) in [6, 6.07) is 16.7. The highest BCUT2D eigenvalue weighted by Gasteiger charge is 2.25. The molecule has 0 saturated carbocycles. The van der Waals surface area contributed by atoms with Gasteiger partial charge in [0.1, 0.15) is 17.5 Å². The lowest BCUT2D eigenvalue weighted by molar-refractivity contribution is -0.116. The standard InChI is InChI=1S/C18H15N5O/c1-21-18(24)15(10-19)16-13-4-2-3-5-14(13)17(23-16)22-12-8-6-11(20)7-9-12/h2-9H,20H2,1H3,(H,21,24)(H,22,23). The number of rotatable bonds is 2. The number of amides is 1. The smallest absolute Gasteiger partial charge is 0.263 e. The maximum atomic E-state index is 11.9. The van der Waals surface area contributed by atoms with E-state index in [1.54, 1.807) is 12.1 Å². The van der Waals surface area contributed by atoms with Crippen molar-refractivity contribution in [3.63, 3.8) is 0 Å². The third kappa shape index (κ3) is 2.71. The minimum absolute atomic E-state index is 0.0148. The number of carbonyl (C=O) groups is 1. The molecule has 118 valence electrons. The van der Waals surface area contributed by atoms with Crippen LogP contribution in [0.4, 0.5) is 11.4 Å². The third-order valence-corrected chi connectivity index (χ3v) is 3.64. The summed E-state index contributed by atoms with van der Waals surface area (Å²) >= 11 is 0. The van der Waals surface area contributed by atoms with E-state index < -0.39 is 5.91 Å². The topological polar surface area (TPSA) is 103 Å². The maximum Gasteiger partial charge on any atom is 0.263 e. The first-order chi connectivity index (χ1) is 11.6. The SMILES string of the molecule is CNC(=O)C(C#N)=C1N=C(Nc2ccc(N)cc2)c2ccccc21. The fourth-order valence-corrected chi connectivity index (χ4v) is 2.45. The number of fused-ring (bicyclic) bond motifs is 1. The maximum absolute atomic E-state index is 11.9. The van der Waals surface area contributed by atoms with E-state index in [1.807, 2.05) is 42.5 Å². The van der Waals surface area contributed by atoms with Crippen molar-refractivity contribution in [2.24, 2.45) is 4.99 Å². The molecule has 3 rings (SSSR count). The number of carbonyl (C=O) groups excluding carboxylic acids is 1. The normalized spacial score (nSPS) is 14.2. The van der Waals surface area contributed by atoms with Gasteiger partial charge in [-0.3, -0.25) is 4.79 Å². The summed E-state index contributed by atoms with van der Waals surface area (Å²) in [5, 5.41) is 15.0. The first-order valence-electron chi connectivity index (χ1n) is 7.31. The van der Waals surface area contributed by atoms with E-state index in [9.17, 15) is 10.1 Å². The number of benzene rings is 2. The fraction of sp³-hybridized carbons (Fsp3) is 0.0556. The molecule has 0 radical (unpaired) electrons. The zero-order chi connectivity index (χ0) is 17.1. The number of nitrogen functional groups attached to an aromatic ring is 1. The minimum atomic E-state index is -0.459. The predicted octanol–water partition coefficient (Wildman–Crippen LogP) is 2.12. The van der Waals surface area contributed by atoms with Crippen LogP contribution >= 0.6 is 0 Å². The molecule has 1 heterocycles. The van der Waals surface area contributed by atoms with E-state index >= 15 is 0 Å². The van der Waals surface area contributed by atoms with E-state index in [4.69, 9.17) is 5.73 Å². The fourth-order valence-electron chi connectivity index (χ4n) is 2.45. The van der Waals surface area contributed by atoms with Gasteiger partial charge in [-0.15, -0.1) is 0 Å². The first kappa shape index (κ1) is 15.3. The van der Waals surface area contributed by atoms with Gasteiger partial charge in [0.25, 0.3) is 5.91 Å². The molecule has 0 unspecified atom stereocenters. The van der Waals surface area contributed by atoms with Crippen molar-refractivity contribution in [1.82, 2.24) is 5.32 Å². The monoisotopic (exact) mass is 317 g/mol. The molecule has 1 aliphatic rings. The highest BCUT2D eigenvalue weighted by Crippen LogP contribution is 2.31. The van der Waals surface area contributed by atoms with Crippen LogP contribution in [-0.2, 0) is 4.79 Å². The number of likely N-dealkylation sites (N-methyl/N-ethyl adjacent to an activating group) is 1. The second kappa shape index (κ2) is 6.26. The largest absolute Gasteiger partial charge is 0.399 e. The quantitative estimate of drug-likeness (QED) is 0.448. The molecule has 2 aromatic carbocycles. The van der Waals surface area contributed by atoms with Crippen molar-refractivity contribution in [3.8, 4) is 6.07 Å². The molecule has 24 heavy (non-hydrogen) atoms. The number of anilines is 2. The van der Waals surface area contributed by atoms with Gasteiger partial charge in [0.2, 0.25) is 0 Å². The van der Waals surface area contributed by atoms with Gasteiger partial charge >= 0.3 is 0 Å². The van der Waals surface area contributed by atoms with Gasteiger partial charge in [0.05, 0.1) is 5.70 Å². The van der Waals surface area contributed by atoms with E-state index in [2.05, 4.69) is 15.6 Å². The average molecular weight is 317 g/mol. The second-order valence-corrected chi connectivity index (χ2v) is 5.17. The Bertz CT molecular complexity index is 904. The molecule has 0 bridgehead atoms. The van der Waals surface area contributed by atoms with Crippen LogP contribution in [0.2, 0.25) is 0 Å². The summed E-state index contributed by atoms with van der Waals surface area (Å²) in [4.78, 5) is 16.4. The van der Waals surface area contributed by atoms with Crippen molar-refractivity contribution in [2.75, 3.05) is 18.1 Å². The number of nitrogens with zero attached hydrogens (tertiary/aromatic N) is 2. The lowest BCUT2D eigenvalue weighted by atomic mass is 10.0. The molecular weight excluding hydrogens is 302 g/mol. The first-order valence-corrected chi connectivity index (χ1v) is 7.31. The number of nitrogens with one attached hydrogen (secondary N) is 2. The van der Waals surface area contributed by atoms with E-state index in [-0.39, 0.29) is 5.57 Å². The number of nitrogens with two attached hydrogens (primary N) is 1. The van der Waals surface area contributed by atoms with Crippen LogP contribution in [0.3, 0.4) is 0 Å². The summed E-state index contributed by atoms with van der Waals surface area (Å²) < 4.78 is 0. The molecular formula is C18H15N5O. The molecule has 0 aliphatic carbocycles.